The molecule has 5 nitrogen and oxygen atoms in total. The van der Waals surface area contributed by atoms with E-state index in [0.717, 1.165) is 37.7 Å². The van der Waals surface area contributed by atoms with Crippen molar-refractivity contribution in [3.63, 3.8) is 0 Å². The minimum atomic E-state index is -0.330. The lowest BCUT2D eigenvalue weighted by molar-refractivity contribution is 0.0945. The topological polar surface area (TPSA) is 58.1 Å². The van der Waals surface area contributed by atoms with Crippen molar-refractivity contribution in [2.45, 2.75) is 26.3 Å². The number of benzene rings is 1. The Morgan fingerprint density at radius 3 is 2.79 bits per heavy atom. The van der Waals surface area contributed by atoms with Gasteiger partial charge in [-0.1, -0.05) is 25.1 Å². The van der Waals surface area contributed by atoms with E-state index in [1.807, 2.05) is 0 Å². The molecule has 1 aliphatic heterocycles. The van der Waals surface area contributed by atoms with E-state index in [2.05, 4.69) is 27.1 Å². The molecule has 3 rings (SSSR count). The number of hydrogen-bond donors (Lipinski definition) is 1. The second kappa shape index (κ2) is 7.38. The summed E-state index contributed by atoms with van der Waals surface area (Å²) in [4.78, 5) is 22.8. The zero-order valence-electron chi connectivity index (χ0n) is 13.7. The fourth-order valence-electron chi connectivity index (χ4n) is 2.79. The SMILES string of the molecule is CC1CCN(c2cc(C(=O)NCc3ccccc3F)ncn2)CC1. The van der Waals surface area contributed by atoms with Crippen LogP contribution >= 0.6 is 0 Å². The Morgan fingerprint density at radius 2 is 2.04 bits per heavy atom. The Hall–Kier alpha value is -2.50. The van der Waals surface area contributed by atoms with Crippen molar-refractivity contribution >= 4 is 11.7 Å². The van der Waals surface area contributed by atoms with Gasteiger partial charge in [0.15, 0.2) is 0 Å². The van der Waals surface area contributed by atoms with E-state index >= 15 is 0 Å². The number of carbonyl (C=O) groups excluding carboxylic acids is 1. The normalized spacial score (nSPS) is 15.3. The molecule has 1 aromatic heterocycles. The van der Waals surface area contributed by atoms with E-state index in [-0.39, 0.29) is 18.3 Å². The number of piperidine rings is 1. The Kier molecular flexibility index (Phi) is 5.03. The van der Waals surface area contributed by atoms with Gasteiger partial charge in [-0.3, -0.25) is 4.79 Å². The predicted molar refractivity (Wildman–Crippen MR) is 90.2 cm³/mol. The number of halogens is 1. The summed E-state index contributed by atoms with van der Waals surface area (Å²) < 4.78 is 13.6. The highest BCUT2D eigenvalue weighted by atomic mass is 19.1. The second-order valence-electron chi connectivity index (χ2n) is 6.21. The third-order valence-corrected chi connectivity index (χ3v) is 4.39. The van der Waals surface area contributed by atoms with Crippen LogP contribution in [0.1, 0.15) is 35.8 Å². The van der Waals surface area contributed by atoms with E-state index in [1.54, 1.807) is 24.3 Å². The van der Waals surface area contributed by atoms with Gasteiger partial charge in [0.05, 0.1) is 0 Å². The molecule has 0 atom stereocenters. The first-order valence-corrected chi connectivity index (χ1v) is 8.22. The molecule has 1 saturated heterocycles. The van der Waals surface area contributed by atoms with Gasteiger partial charge >= 0.3 is 0 Å². The third-order valence-electron chi connectivity index (χ3n) is 4.39. The fraction of sp³-hybridized carbons (Fsp3) is 0.389. The van der Waals surface area contributed by atoms with Crippen molar-refractivity contribution in [3.8, 4) is 0 Å². The Morgan fingerprint density at radius 1 is 1.29 bits per heavy atom. The number of aromatic nitrogens is 2. The van der Waals surface area contributed by atoms with Crippen LogP contribution in [0.25, 0.3) is 0 Å². The van der Waals surface area contributed by atoms with Crippen LogP contribution in [0.4, 0.5) is 10.2 Å². The molecule has 1 amide bonds. The molecule has 0 spiro atoms. The molecular weight excluding hydrogens is 307 g/mol. The minimum absolute atomic E-state index is 0.131. The maximum absolute atomic E-state index is 13.6. The Labute approximate surface area is 140 Å². The molecule has 0 bridgehead atoms. The first-order valence-electron chi connectivity index (χ1n) is 8.22. The van der Waals surface area contributed by atoms with E-state index in [4.69, 9.17) is 0 Å². The maximum Gasteiger partial charge on any atom is 0.270 e. The fourth-order valence-corrected chi connectivity index (χ4v) is 2.79. The van der Waals surface area contributed by atoms with Gasteiger partial charge in [-0.25, -0.2) is 14.4 Å². The zero-order valence-corrected chi connectivity index (χ0v) is 13.7. The second-order valence-corrected chi connectivity index (χ2v) is 6.21. The van der Waals surface area contributed by atoms with Crippen LogP contribution < -0.4 is 10.2 Å². The number of nitrogens with zero attached hydrogens (tertiary/aromatic N) is 3. The highest BCUT2D eigenvalue weighted by molar-refractivity contribution is 5.92. The quantitative estimate of drug-likeness (QED) is 0.937. The van der Waals surface area contributed by atoms with Gasteiger partial charge in [-0.2, -0.15) is 0 Å². The summed E-state index contributed by atoms with van der Waals surface area (Å²) in [7, 11) is 0. The molecular formula is C18H21FN4O. The van der Waals surface area contributed by atoms with Crippen LogP contribution in [0.15, 0.2) is 36.7 Å². The Balaban J connectivity index is 1.65. The average Bonchev–Trinajstić information content (AvgIpc) is 2.61. The van der Waals surface area contributed by atoms with Gasteiger partial charge < -0.3 is 10.2 Å². The number of carbonyl (C=O) groups is 1. The van der Waals surface area contributed by atoms with E-state index in [0.29, 0.717) is 11.3 Å². The van der Waals surface area contributed by atoms with Crippen molar-refractivity contribution in [1.82, 2.24) is 15.3 Å². The summed E-state index contributed by atoms with van der Waals surface area (Å²) in [6, 6.07) is 8.09. The van der Waals surface area contributed by atoms with Crippen molar-refractivity contribution < 1.29 is 9.18 Å². The Bertz CT molecular complexity index is 714. The number of rotatable bonds is 4. The standard InChI is InChI=1S/C18H21FN4O/c1-13-6-8-23(9-7-13)17-10-16(21-12-22-17)18(24)20-11-14-4-2-3-5-15(14)19/h2-5,10,12-13H,6-9,11H2,1H3,(H,20,24). The summed E-state index contributed by atoms with van der Waals surface area (Å²) in [5.74, 6) is 0.843. The lowest BCUT2D eigenvalue weighted by atomic mass is 9.99. The average molecular weight is 328 g/mol. The molecule has 1 aromatic carbocycles. The van der Waals surface area contributed by atoms with Crippen LogP contribution in [-0.2, 0) is 6.54 Å². The third kappa shape index (κ3) is 3.88. The monoisotopic (exact) mass is 328 g/mol. The van der Waals surface area contributed by atoms with Crippen LogP contribution in [0, 0.1) is 11.7 Å². The van der Waals surface area contributed by atoms with Crippen molar-refractivity contribution in [2.75, 3.05) is 18.0 Å². The molecule has 0 aliphatic carbocycles. The molecule has 0 radical (unpaired) electrons. The molecule has 6 heteroatoms. The van der Waals surface area contributed by atoms with Crippen LogP contribution in [0.5, 0.6) is 0 Å². The summed E-state index contributed by atoms with van der Waals surface area (Å²) in [6.45, 7) is 4.26. The highest BCUT2D eigenvalue weighted by Crippen LogP contribution is 2.21. The van der Waals surface area contributed by atoms with Crippen LogP contribution in [-0.4, -0.2) is 29.0 Å². The van der Waals surface area contributed by atoms with Gasteiger partial charge in [-0.05, 0) is 24.8 Å². The zero-order chi connectivity index (χ0) is 16.9. The highest BCUT2D eigenvalue weighted by Gasteiger charge is 2.18. The van der Waals surface area contributed by atoms with Crippen LogP contribution in [0.3, 0.4) is 0 Å². The van der Waals surface area contributed by atoms with Gasteiger partial charge in [0.2, 0.25) is 0 Å². The van der Waals surface area contributed by atoms with Crippen molar-refractivity contribution in [1.29, 1.82) is 0 Å². The molecule has 24 heavy (non-hydrogen) atoms. The van der Waals surface area contributed by atoms with Crippen LogP contribution in [0.2, 0.25) is 0 Å². The molecule has 1 N–H and O–H groups in total. The first-order chi connectivity index (χ1) is 11.6. The smallest absolute Gasteiger partial charge is 0.270 e. The summed E-state index contributed by atoms with van der Waals surface area (Å²) >= 11 is 0. The van der Waals surface area contributed by atoms with Gasteiger partial charge in [0, 0.05) is 31.3 Å². The lowest BCUT2D eigenvalue weighted by Crippen LogP contribution is -2.34. The van der Waals surface area contributed by atoms with E-state index in [9.17, 15) is 9.18 Å². The molecule has 1 aliphatic rings. The molecule has 0 saturated carbocycles. The minimum Gasteiger partial charge on any atom is -0.356 e. The number of hydrogen-bond acceptors (Lipinski definition) is 4. The van der Waals surface area contributed by atoms with Gasteiger partial charge in [-0.15, -0.1) is 0 Å². The molecule has 2 heterocycles. The summed E-state index contributed by atoms with van der Waals surface area (Å²) in [5.41, 5.74) is 0.750. The molecule has 0 unspecified atom stereocenters. The summed E-state index contributed by atoms with van der Waals surface area (Å²) in [6.07, 6.45) is 3.66. The molecule has 1 fully saturated rings. The largest absolute Gasteiger partial charge is 0.356 e. The van der Waals surface area contributed by atoms with E-state index in [1.165, 1.54) is 12.4 Å². The number of nitrogens with one attached hydrogen (secondary N) is 1. The summed E-state index contributed by atoms with van der Waals surface area (Å²) in [5, 5.41) is 2.71. The molecule has 2 aromatic rings. The van der Waals surface area contributed by atoms with E-state index < -0.39 is 0 Å². The lowest BCUT2D eigenvalue weighted by Gasteiger charge is -2.31. The van der Waals surface area contributed by atoms with Crippen molar-refractivity contribution in [2.24, 2.45) is 5.92 Å². The van der Waals surface area contributed by atoms with Gasteiger partial charge in [0.25, 0.3) is 5.91 Å². The number of anilines is 1. The number of amides is 1. The van der Waals surface area contributed by atoms with Gasteiger partial charge in [0.1, 0.15) is 23.7 Å². The first kappa shape index (κ1) is 16.4. The maximum atomic E-state index is 13.6. The molecule has 126 valence electrons. The predicted octanol–water partition coefficient (Wildman–Crippen LogP) is 2.78. The van der Waals surface area contributed by atoms with Crippen molar-refractivity contribution in [3.05, 3.63) is 53.7 Å².